The first-order chi connectivity index (χ1) is 3.41. The molecule has 0 N–H and O–H groups in total. The summed E-state index contributed by atoms with van der Waals surface area (Å²) in [5.74, 6) is 0. The number of hydrogen-bond acceptors (Lipinski definition) is 1. The van der Waals surface area contributed by atoms with Crippen molar-refractivity contribution < 1.29 is 4.74 Å². The predicted octanol–water partition coefficient (Wildman–Crippen LogP) is 1.54. The van der Waals surface area contributed by atoms with Crippen LogP contribution in [0.4, 0.5) is 0 Å². The van der Waals surface area contributed by atoms with E-state index in [0.29, 0.717) is 6.61 Å². The van der Waals surface area contributed by atoms with Crippen molar-refractivity contribution in [1.82, 2.24) is 0 Å². The van der Waals surface area contributed by atoms with Crippen molar-refractivity contribution in [2.24, 2.45) is 0 Å². The van der Waals surface area contributed by atoms with Gasteiger partial charge in [0, 0.05) is 0 Å². The Labute approximate surface area is 44.3 Å². The normalized spacial score (nSPS) is 9.29. The van der Waals surface area contributed by atoms with E-state index in [1.165, 1.54) is 6.26 Å². The smallest absolute Gasteiger partial charge is 0.105 e. The second kappa shape index (κ2) is 5.28. The molecule has 0 aromatic heterocycles. The molecule has 0 unspecified atom stereocenters. The summed E-state index contributed by atoms with van der Waals surface area (Å²) >= 11 is 0. The highest BCUT2D eigenvalue weighted by Crippen LogP contribution is 1.74. The Bertz CT molecular complexity index is 64.6. The van der Waals surface area contributed by atoms with Gasteiger partial charge in [0.2, 0.25) is 0 Å². The van der Waals surface area contributed by atoms with E-state index in [-0.39, 0.29) is 0 Å². The molecule has 0 aromatic rings. The summed E-state index contributed by atoms with van der Waals surface area (Å²) in [6.07, 6.45) is 4.80. The van der Waals surface area contributed by atoms with Crippen LogP contribution < -0.4 is 0 Å². The molecule has 0 amide bonds. The quantitative estimate of drug-likeness (QED) is 0.295. The maximum Gasteiger partial charge on any atom is 0.105 e. The van der Waals surface area contributed by atoms with Gasteiger partial charge < -0.3 is 4.74 Å². The molecule has 0 aromatic carbocycles. The number of hydrogen-bond donors (Lipinski definition) is 0. The van der Waals surface area contributed by atoms with Gasteiger partial charge in [-0.3, -0.25) is 0 Å². The molecule has 39 valence electrons. The van der Waals surface area contributed by atoms with Crippen LogP contribution in [-0.2, 0) is 4.74 Å². The molecule has 0 heterocycles. The van der Waals surface area contributed by atoms with Crippen molar-refractivity contribution in [3.05, 3.63) is 31.9 Å². The summed E-state index contributed by atoms with van der Waals surface area (Å²) in [6.45, 7) is 7.43. The standard InChI is InChI=1S/C6H9O/c1-3-5-7-6-4-2/h3-5H,1-2,6H2. The second-order valence-corrected chi connectivity index (χ2v) is 0.994. The molecule has 1 nitrogen and oxygen atoms in total. The molecule has 1 radical (unpaired) electrons. The number of allylic oxidation sites excluding steroid dienone is 1. The van der Waals surface area contributed by atoms with Crippen molar-refractivity contribution in [2.75, 3.05) is 6.61 Å². The van der Waals surface area contributed by atoms with E-state index in [1.807, 2.05) is 0 Å². The minimum atomic E-state index is 0.562. The largest absolute Gasteiger partial charge is 0.497 e. The van der Waals surface area contributed by atoms with Gasteiger partial charge in [0.1, 0.15) is 6.61 Å². The Balaban J connectivity index is 2.82. The molecular weight excluding hydrogens is 88.1 g/mol. The summed E-state index contributed by atoms with van der Waals surface area (Å²) in [5.41, 5.74) is 0. The van der Waals surface area contributed by atoms with Crippen molar-refractivity contribution in [2.45, 2.75) is 0 Å². The molecule has 0 aliphatic rings. The summed E-state index contributed by atoms with van der Waals surface area (Å²) < 4.78 is 4.77. The lowest BCUT2D eigenvalue weighted by Crippen LogP contribution is -1.76. The third-order valence-corrected chi connectivity index (χ3v) is 0.407. The van der Waals surface area contributed by atoms with Crippen molar-refractivity contribution in [1.29, 1.82) is 0 Å². The second-order valence-electron chi connectivity index (χ2n) is 0.994. The van der Waals surface area contributed by atoms with Gasteiger partial charge in [0.15, 0.2) is 0 Å². The lowest BCUT2D eigenvalue weighted by molar-refractivity contribution is 0.290. The highest BCUT2D eigenvalue weighted by atomic mass is 16.5. The molecule has 0 saturated heterocycles. The first kappa shape index (κ1) is 6.28. The molecule has 1 heteroatoms. The van der Waals surface area contributed by atoms with Crippen LogP contribution in [0.5, 0.6) is 0 Å². The van der Waals surface area contributed by atoms with Gasteiger partial charge in [-0.2, -0.15) is 0 Å². The molecule has 0 bridgehead atoms. The van der Waals surface area contributed by atoms with Gasteiger partial charge in [-0.25, -0.2) is 0 Å². The highest BCUT2D eigenvalue weighted by Gasteiger charge is 1.64. The summed E-state index contributed by atoms with van der Waals surface area (Å²) in [7, 11) is 0. The van der Waals surface area contributed by atoms with Crippen molar-refractivity contribution >= 4 is 0 Å². The monoisotopic (exact) mass is 97.1 g/mol. The van der Waals surface area contributed by atoms with E-state index in [4.69, 9.17) is 4.74 Å². The van der Waals surface area contributed by atoms with E-state index >= 15 is 0 Å². The van der Waals surface area contributed by atoms with E-state index in [9.17, 15) is 0 Å². The molecule has 0 saturated carbocycles. The Morgan fingerprint density at radius 2 is 2.29 bits per heavy atom. The van der Waals surface area contributed by atoms with Gasteiger partial charge in [0.05, 0.1) is 6.26 Å². The summed E-state index contributed by atoms with van der Waals surface area (Å²) in [4.78, 5) is 0. The topological polar surface area (TPSA) is 9.23 Å². The SMILES string of the molecule is [CH2]C=COCC=C. The van der Waals surface area contributed by atoms with Crippen LogP contribution in [-0.4, -0.2) is 6.61 Å². The van der Waals surface area contributed by atoms with E-state index in [2.05, 4.69) is 13.5 Å². The van der Waals surface area contributed by atoms with Crippen LogP contribution in [0.25, 0.3) is 0 Å². The number of rotatable bonds is 3. The van der Waals surface area contributed by atoms with Crippen molar-refractivity contribution in [3.63, 3.8) is 0 Å². The van der Waals surface area contributed by atoms with E-state index < -0.39 is 0 Å². The Hall–Kier alpha value is -0.720. The zero-order valence-electron chi connectivity index (χ0n) is 4.26. The maximum atomic E-state index is 4.77. The lowest BCUT2D eigenvalue weighted by atomic mass is 10.7. The molecule has 0 aliphatic heterocycles. The molecular formula is C6H9O. The zero-order chi connectivity index (χ0) is 5.54. The molecule has 7 heavy (non-hydrogen) atoms. The fourth-order valence-electron chi connectivity index (χ4n) is 0.192. The van der Waals surface area contributed by atoms with Crippen molar-refractivity contribution in [3.8, 4) is 0 Å². The average molecular weight is 97.1 g/mol. The fraction of sp³-hybridized carbons (Fsp3) is 0.167. The molecule has 0 aliphatic carbocycles. The van der Waals surface area contributed by atoms with Gasteiger partial charge in [-0.1, -0.05) is 12.7 Å². The van der Waals surface area contributed by atoms with Gasteiger partial charge in [-0.05, 0) is 13.0 Å². The maximum absolute atomic E-state index is 4.77. The molecule has 0 fully saturated rings. The van der Waals surface area contributed by atoms with Gasteiger partial charge in [0.25, 0.3) is 0 Å². The first-order valence-electron chi connectivity index (χ1n) is 2.08. The summed E-state index contributed by atoms with van der Waals surface area (Å²) in [6, 6.07) is 0. The third kappa shape index (κ3) is 5.28. The molecule has 0 spiro atoms. The average Bonchev–Trinajstić information content (AvgIpc) is 1.69. The summed E-state index contributed by atoms with van der Waals surface area (Å²) in [5, 5.41) is 0. The van der Waals surface area contributed by atoms with Gasteiger partial charge >= 0.3 is 0 Å². The van der Waals surface area contributed by atoms with Crippen LogP contribution in [0.3, 0.4) is 0 Å². The Morgan fingerprint density at radius 3 is 2.71 bits per heavy atom. The van der Waals surface area contributed by atoms with Crippen LogP contribution >= 0.6 is 0 Å². The Kier molecular flexibility index (Phi) is 4.74. The molecule has 0 rings (SSSR count). The van der Waals surface area contributed by atoms with E-state index in [0.717, 1.165) is 0 Å². The van der Waals surface area contributed by atoms with E-state index in [1.54, 1.807) is 12.2 Å². The number of ether oxygens (including phenoxy) is 1. The lowest BCUT2D eigenvalue weighted by Gasteiger charge is -1.88. The van der Waals surface area contributed by atoms with Crippen LogP contribution in [0.2, 0.25) is 0 Å². The van der Waals surface area contributed by atoms with Crippen LogP contribution in [0.1, 0.15) is 0 Å². The Morgan fingerprint density at radius 1 is 1.57 bits per heavy atom. The highest BCUT2D eigenvalue weighted by molar-refractivity contribution is 4.77. The fourth-order valence-corrected chi connectivity index (χ4v) is 0.192. The zero-order valence-corrected chi connectivity index (χ0v) is 4.26. The van der Waals surface area contributed by atoms with Crippen LogP contribution in [0.15, 0.2) is 25.0 Å². The van der Waals surface area contributed by atoms with Crippen LogP contribution in [0, 0.1) is 6.92 Å². The third-order valence-electron chi connectivity index (χ3n) is 0.407. The van der Waals surface area contributed by atoms with Gasteiger partial charge in [-0.15, -0.1) is 0 Å². The molecule has 0 atom stereocenters. The minimum absolute atomic E-state index is 0.562. The predicted molar refractivity (Wildman–Crippen MR) is 30.6 cm³/mol. The first-order valence-corrected chi connectivity index (χ1v) is 2.08. The minimum Gasteiger partial charge on any atom is -0.497 e.